The van der Waals surface area contributed by atoms with E-state index in [0.717, 1.165) is 12.8 Å². The molecule has 3 heteroatoms. The average molecular weight is 312 g/mol. The van der Waals surface area contributed by atoms with Crippen molar-refractivity contribution in [1.82, 2.24) is 0 Å². The largest absolute Gasteiger partial charge is 0.481 e. The van der Waals surface area contributed by atoms with Gasteiger partial charge in [0.2, 0.25) is 0 Å². The molecule has 0 radical (unpaired) electrons. The van der Waals surface area contributed by atoms with Gasteiger partial charge < -0.3 is 9.90 Å². The molecule has 0 rings (SSSR count). The molecule has 0 amide bonds. The third-order valence-corrected chi connectivity index (χ3v) is 3.65. The second-order valence-corrected chi connectivity index (χ2v) is 5.73. The number of hydrogen-bond acceptors (Lipinski definition) is 2. The highest BCUT2D eigenvalue weighted by atomic mass is 16.4. The number of carbonyl (C=O) groups excluding carboxylic acids is 1. The minimum Gasteiger partial charge on any atom is -0.481 e. The summed E-state index contributed by atoms with van der Waals surface area (Å²) in [6, 6.07) is 0. The number of carboxylic acid groups (broad SMARTS) is 1. The summed E-state index contributed by atoms with van der Waals surface area (Å²) in [7, 11) is 0. The van der Waals surface area contributed by atoms with Gasteiger partial charge in [-0.1, -0.05) is 70.4 Å². The molecule has 0 aliphatic carbocycles. The van der Waals surface area contributed by atoms with Crippen LogP contribution in [0.3, 0.4) is 0 Å². The van der Waals surface area contributed by atoms with Crippen LogP contribution in [0.5, 0.6) is 0 Å². The van der Waals surface area contributed by atoms with Crippen molar-refractivity contribution >= 4 is 12.8 Å². The molecule has 0 saturated carbocycles. The average Bonchev–Trinajstić information content (AvgIpc) is 2.53. The molecule has 22 heavy (non-hydrogen) atoms. The first-order chi connectivity index (χ1) is 10.8. The maximum atomic E-state index is 10.3. The van der Waals surface area contributed by atoms with E-state index in [2.05, 4.69) is 19.1 Å². The molecule has 0 atom stereocenters. The van der Waals surface area contributed by atoms with Gasteiger partial charge >= 0.3 is 5.97 Å². The molecule has 0 aromatic carbocycles. The van der Waals surface area contributed by atoms with Crippen LogP contribution in [-0.2, 0) is 9.59 Å². The zero-order chi connectivity index (χ0) is 16.9. The van der Waals surface area contributed by atoms with Crippen LogP contribution in [0.1, 0.15) is 96.8 Å². The standard InChI is InChI=1S/C18H34O2.CH2O/c1-2-3-4-5-6-7-8-9-10-11-12-13-14-15-16-17-18(19)20;1-2/h9-10H,2-8,11-17H2,1H3,(H,19,20);1H2. The Bertz CT molecular complexity index is 249. The van der Waals surface area contributed by atoms with E-state index in [9.17, 15) is 4.79 Å². The second-order valence-electron chi connectivity index (χ2n) is 5.73. The summed E-state index contributed by atoms with van der Waals surface area (Å²) < 4.78 is 0. The van der Waals surface area contributed by atoms with Crippen LogP contribution in [0.25, 0.3) is 0 Å². The molecule has 0 fully saturated rings. The van der Waals surface area contributed by atoms with Gasteiger partial charge in [0.1, 0.15) is 6.79 Å². The minimum absolute atomic E-state index is 0.332. The van der Waals surface area contributed by atoms with Crippen LogP contribution in [0, 0.1) is 0 Å². The van der Waals surface area contributed by atoms with Crippen molar-refractivity contribution < 1.29 is 14.7 Å². The Morgan fingerprint density at radius 2 is 1.18 bits per heavy atom. The number of hydrogen-bond donors (Lipinski definition) is 1. The molecule has 3 nitrogen and oxygen atoms in total. The number of carboxylic acids is 1. The van der Waals surface area contributed by atoms with Crippen molar-refractivity contribution in [3.05, 3.63) is 12.2 Å². The van der Waals surface area contributed by atoms with Crippen molar-refractivity contribution in [1.29, 1.82) is 0 Å². The van der Waals surface area contributed by atoms with E-state index < -0.39 is 5.97 Å². The van der Waals surface area contributed by atoms with Gasteiger partial charge in [0, 0.05) is 6.42 Å². The second kappa shape index (κ2) is 22.2. The molecule has 0 heterocycles. The predicted octanol–water partition coefficient (Wildman–Crippen LogP) is 5.92. The summed E-state index contributed by atoms with van der Waals surface area (Å²) in [4.78, 5) is 18.3. The molecule has 1 N–H and O–H groups in total. The van der Waals surface area contributed by atoms with E-state index >= 15 is 0 Å². The third kappa shape index (κ3) is 23.9. The Morgan fingerprint density at radius 3 is 1.64 bits per heavy atom. The topological polar surface area (TPSA) is 54.4 Å². The number of allylic oxidation sites excluding steroid dienone is 2. The van der Waals surface area contributed by atoms with Crippen molar-refractivity contribution in [3.63, 3.8) is 0 Å². The normalized spacial score (nSPS) is 10.4. The predicted molar refractivity (Wildman–Crippen MR) is 94.2 cm³/mol. The summed E-state index contributed by atoms with van der Waals surface area (Å²) in [6.07, 6.45) is 21.2. The molecular formula is C19H36O3. The summed E-state index contributed by atoms with van der Waals surface area (Å²) in [5.74, 6) is -0.664. The lowest BCUT2D eigenvalue weighted by atomic mass is 10.1. The monoisotopic (exact) mass is 312 g/mol. The number of unbranched alkanes of at least 4 members (excludes halogenated alkanes) is 11. The van der Waals surface area contributed by atoms with E-state index in [-0.39, 0.29) is 0 Å². The Kier molecular flexibility index (Phi) is 23.3. The summed E-state index contributed by atoms with van der Waals surface area (Å²) in [5, 5.41) is 8.51. The first kappa shape index (κ1) is 23.2. The van der Waals surface area contributed by atoms with Crippen LogP contribution in [-0.4, -0.2) is 17.9 Å². The number of carbonyl (C=O) groups is 2. The van der Waals surface area contributed by atoms with Crippen LogP contribution in [0.4, 0.5) is 0 Å². The van der Waals surface area contributed by atoms with E-state index in [4.69, 9.17) is 9.90 Å². The molecule has 0 unspecified atom stereocenters. The van der Waals surface area contributed by atoms with Gasteiger partial charge in [-0.2, -0.15) is 0 Å². The summed E-state index contributed by atoms with van der Waals surface area (Å²) in [6.45, 7) is 4.26. The Labute approximate surface area is 137 Å². The third-order valence-electron chi connectivity index (χ3n) is 3.65. The summed E-state index contributed by atoms with van der Waals surface area (Å²) in [5.41, 5.74) is 0. The van der Waals surface area contributed by atoms with Gasteiger partial charge in [-0.3, -0.25) is 4.79 Å². The highest BCUT2D eigenvalue weighted by Gasteiger charge is 1.95. The maximum absolute atomic E-state index is 10.3. The SMILES string of the molecule is C=O.CCCCCCCCC=CCCCCCCCC(=O)O. The molecule has 0 aromatic rings. The number of aliphatic carboxylic acids is 1. The Hall–Kier alpha value is -1.12. The molecule has 0 saturated heterocycles. The van der Waals surface area contributed by atoms with E-state index in [1.807, 2.05) is 6.79 Å². The fraction of sp³-hybridized carbons (Fsp3) is 0.789. The highest BCUT2D eigenvalue weighted by molar-refractivity contribution is 5.66. The highest BCUT2D eigenvalue weighted by Crippen LogP contribution is 2.09. The van der Waals surface area contributed by atoms with Gasteiger partial charge in [-0.05, 0) is 32.1 Å². The molecular weight excluding hydrogens is 276 g/mol. The molecule has 0 aromatic heterocycles. The van der Waals surface area contributed by atoms with Crippen molar-refractivity contribution in [2.75, 3.05) is 0 Å². The molecule has 0 spiro atoms. The fourth-order valence-electron chi connectivity index (χ4n) is 2.35. The molecule has 130 valence electrons. The number of rotatable bonds is 15. The van der Waals surface area contributed by atoms with E-state index in [0.29, 0.717) is 6.42 Å². The van der Waals surface area contributed by atoms with Gasteiger partial charge in [0.15, 0.2) is 0 Å². The first-order valence-electron chi connectivity index (χ1n) is 8.93. The molecule has 0 aliphatic rings. The van der Waals surface area contributed by atoms with Gasteiger partial charge in [0.05, 0.1) is 0 Å². The van der Waals surface area contributed by atoms with Gasteiger partial charge in [-0.25, -0.2) is 0 Å². The van der Waals surface area contributed by atoms with Crippen molar-refractivity contribution in [3.8, 4) is 0 Å². The minimum atomic E-state index is -0.664. The van der Waals surface area contributed by atoms with E-state index in [1.165, 1.54) is 70.6 Å². The van der Waals surface area contributed by atoms with E-state index in [1.54, 1.807) is 0 Å². The molecule has 0 aliphatic heterocycles. The van der Waals surface area contributed by atoms with Crippen LogP contribution in [0.2, 0.25) is 0 Å². The smallest absolute Gasteiger partial charge is 0.303 e. The van der Waals surface area contributed by atoms with Crippen molar-refractivity contribution in [2.24, 2.45) is 0 Å². The fourth-order valence-corrected chi connectivity index (χ4v) is 2.35. The van der Waals surface area contributed by atoms with Crippen LogP contribution >= 0.6 is 0 Å². The lowest BCUT2D eigenvalue weighted by Gasteiger charge is -1.99. The first-order valence-corrected chi connectivity index (χ1v) is 8.93. The lowest BCUT2D eigenvalue weighted by Crippen LogP contribution is -1.93. The van der Waals surface area contributed by atoms with Crippen LogP contribution < -0.4 is 0 Å². The van der Waals surface area contributed by atoms with Crippen molar-refractivity contribution in [2.45, 2.75) is 96.8 Å². The zero-order valence-electron chi connectivity index (χ0n) is 14.5. The summed E-state index contributed by atoms with van der Waals surface area (Å²) >= 11 is 0. The Morgan fingerprint density at radius 1 is 0.773 bits per heavy atom. The van der Waals surface area contributed by atoms with Gasteiger partial charge in [-0.15, -0.1) is 0 Å². The molecule has 0 bridgehead atoms. The van der Waals surface area contributed by atoms with Gasteiger partial charge in [0.25, 0.3) is 0 Å². The Balaban J connectivity index is 0. The zero-order valence-corrected chi connectivity index (χ0v) is 14.5. The quantitative estimate of drug-likeness (QED) is 0.301. The maximum Gasteiger partial charge on any atom is 0.303 e. The lowest BCUT2D eigenvalue weighted by molar-refractivity contribution is -0.137. The van der Waals surface area contributed by atoms with Crippen LogP contribution in [0.15, 0.2) is 12.2 Å².